The number of benzene rings is 2. The summed E-state index contributed by atoms with van der Waals surface area (Å²) in [7, 11) is -3.29. The van der Waals surface area contributed by atoms with Crippen molar-refractivity contribution in [2.45, 2.75) is 44.6 Å². The molecule has 1 unspecified atom stereocenters. The number of carbonyl (C=O) groups is 1. The minimum Gasteiger partial charge on any atom is -0.466 e. The van der Waals surface area contributed by atoms with Crippen LogP contribution in [0.1, 0.15) is 33.6 Å². The minimum absolute atomic E-state index is 0.283. The number of ether oxygens (including phenoxy) is 2. The molecule has 9 heteroatoms. The number of carbonyl (C=O) groups excluding carboxylic acids is 1. The molecule has 186 valence electrons. The summed E-state index contributed by atoms with van der Waals surface area (Å²) in [5.74, 6) is 0.634. The van der Waals surface area contributed by atoms with Gasteiger partial charge in [-0.25, -0.2) is 9.10 Å². The molecule has 2 aliphatic rings. The molecule has 34 heavy (non-hydrogen) atoms. The van der Waals surface area contributed by atoms with Crippen molar-refractivity contribution in [3.8, 4) is 5.75 Å². The molecule has 1 saturated heterocycles. The third kappa shape index (κ3) is 5.60. The smallest absolute Gasteiger partial charge is 0.410 e. The van der Waals surface area contributed by atoms with E-state index < -0.39 is 21.8 Å². The highest BCUT2D eigenvalue weighted by Gasteiger charge is 2.41. The lowest BCUT2D eigenvalue weighted by atomic mass is 10.2. The van der Waals surface area contributed by atoms with Gasteiger partial charge in [-0.05, 0) is 58.0 Å². The van der Waals surface area contributed by atoms with Crippen molar-refractivity contribution >= 4 is 28.2 Å². The quantitative estimate of drug-likeness (QED) is 0.583. The molecule has 1 fully saturated rings. The van der Waals surface area contributed by atoms with Crippen molar-refractivity contribution in [2.24, 2.45) is 0 Å². The number of hydrogen-bond acceptors (Lipinski definition) is 7. The number of fused-ring (bicyclic) bond motifs is 1. The van der Waals surface area contributed by atoms with Crippen LogP contribution < -0.4 is 9.04 Å². The molecule has 1 atom stereocenters. The van der Waals surface area contributed by atoms with Crippen molar-refractivity contribution in [1.82, 2.24) is 9.80 Å². The van der Waals surface area contributed by atoms with E-state index in [1.54, 1.807) is 9.21 Å². The van der Waals surface area contributed by atoms with Crippen molar-refractivity contribution in [1.29, 1.82) is 0 Å². The largest absolute Gasteiger partial charge is 0.466 e. The molecular formula is C25H35N3O5S. The molecule has 2 N–H and O–H groups in total. The summed E-state index contributed by atoms with van der Waals surface area (Å²) >= 11 is 0. The van der Waals surface area contributed by atoms with Gasteiger partial charge in [-0.1, -0.05) is 41.1 Å². The topological polar surface area (TPSA) is 85.7 Å². The second-order valence-corrected chi connectivity index (χ2v) is 11.7. The third-order valence-corrected chi connectivity index (χ3v) is 7.86. The second-order valence-electron chi connectivity index (χ2n) is 9.66. The Morgan fingerprint density at radius 1 is 1.03 bits per heavy atom. The fraction of sp³-hybridized carbons (Fsp3) is 0.480. The zero-order valence-corrected chi connectivity index (χ0v) is 20.9. The highest BCUT2D eigenvalue weighted by Crippen LogP contribution is 2.61. The van der Waals surface area contributed by atoms with Crippen LogP contribution in [0, 0.1) is 0 Å². The minimum atomic E-state index is -3.29. The van der Waals surface area contributed by atoms with E-state index >= 15 is 0 Å². The van der Waals surface area contributed by atoms with E-state index in [4.69, 9.17) is 9.47 Å². The highest BCUT2D eigenvalue weighted by atomic mass is 32.3. The molecule has 0 aromatic heterocycles. The summed E-state index contributed by atoms with van der Waals surface area (Å²) in [5.41, 5.74) is 0.0722. The molecule has 2 aromatic rings. The third-order valence-electron chi connectivity index (χ3n) is 5.88. The molecule has 0 saturated carbocycles. The lowest BCUT2D eigenvalue weighted by Crippen LogP contribution is -2.42. The predicted molar refractivity (Wildman–Crippen MR) is 136 cm³/mol. The molecule has 0 spiro atoms. The molecule has 2 heterocycles. The van der Waals surface area contributed by atoms with Crippen LogP contribution in [0.2, 0.25) is 0 Å². The van der Waals surface area contributed by atoms with Crippen LogP contribution in [0.25, 0.3) is 0 Å². The Labute approximate surface area is 203 Å². The lowest BCUT2D eigenvalue weighted by molar-refractivity contribution is 0.0257. The zero-order chi connectivity index (χ0) is 24.3. The molecule has 0 radical (unpaired) electrons. The van der Waals surface area contributed by atoms with Gasteiger partial charge in [0.15, 0.2) is 0 Å². The van der Waals surface area contributed by atoms with Crippen LogP contribution in [-0.4, -0.2) is 68.8 Å². The van der Waals surface area contributed by atoms with E-state index in [-0.39, 0.29) is 6.09 Å². The molecule has 2 aromatic carbocycles. The van der Waals surface area contributed by atoms with Gasteiger partial charge in [0, 0.05) is 32.6 Å². The molecule has 1 amide bonds. The van der Waals surface area contributed by atoms with E-state index in [0.29, 0.717) is 49.7 Å². The molecule has 8 nitrogen and oxygen atoms in total. The van der Waals surface area contributed by atoms with Crippen molar-refractivity contribution in [2.75, 3.05) is 37.0 Å². The zero-order valence-electron chi connectivity index (χ0n) is 20.1. The van der Waals surface area contributed by atoms with E-state index in [0.717, 1.165) is 13.0 Å². The molecule has 4 rings (SSSR count). The van der Waals surface area contributed by atoms with Crippen LogP contribution in [0.3, 0.4) is 0 Å². The number of hydrogen-bond donors (Lipinski definition) is 2. The lowest BCUT2D eigenvalue weighted by Gasteiger charge is -2.52. The molecule has 0 bridgehead atoms. The van der Waals surface area contributed by atoms with E-state index in [2.05, 4.69) is 4.90 Å². The fourth-order valence-corrected chi connectivity index (χ4v) is 6.02. The van der Waals surface area contributed by atoms with Gasteiger partial charge in [0.25, 0.3) is 0 Å². The maximum Gasteiger partial charge on any atom is 0.410 e. The average molecular weight is 490 g/mol. The van der Waals surface area contributed by atoms with Crippen LogP contribution in [0.15, 0.2) is 54.6 Å². The number of para-hydroxylation sites is 3. The maximum absolute atomic E-state index is 12.4. The normalized spacial score (nSPS) is 21.7. The first kappa shape index (κ1) is 24.7. The first-order valence-corrected chi connectivity index (χ1v) is 13.3. The van der Waals surface area contributed by atoms with Crippen LogP contribution >= 0.6 is 10.8 Å². The van der Waals surface area contributed by atoms with E-state index in [9.17, 15) is 13.9 Å². The molecule has 0 aliphatic carbocycles. The first-order chi connectivity index (χ1) is 16.1. The standard InChI is InChI=1S/C25H35N3O5S/c1-25(2,3)33-24(29)27-16-9-15-26(18-19-27)17-14-23-32-22-13-8-7-12-21(22)28(34(23,30)31)20-10-5-4-6-11-20/h4-8,10-13,23,30-31H,9,14-19H2,1-3H3. The Morgan fingerprint density at radius 2 is 1.74 bits per heavy atom. The van der Waals surface area contributed by atoms with Crippen molar-refractivity contribution < 1.29 is 23.4 Å². The summed E-state index contributed by atoms with van der Waals surface area (Å²) in [5, 5.41) is 0. The summed E-state index contributed by atoms with van der Waals surface area (Å²) in [4.78, 5) is 16.4. The van der Waals surface area contributed by atoms with Gasteiger partial charge in [0.05, 0.1) is 5.69 Å². The second kappa shape index (κ2) is 10.0. The van der Waals surface area contributed by atoms with Gasteiger partial charge in [-0.15, -0.1) is 0 Å². The van der Waals surface area contributed by atoms with Gasteiger partial charge in [-0.2, -0.15) is 0 Å². The SMILES string of the molecule is CC(C)(C)OC(=O)N1CCCN(CCC2Oc3ccccc3N(c3ccccc3)S2(O)O)CC1. The van der Waals surface area contributed by atoms with Crippen molar-refractivity contribution in [3.05, 3.63) is 54.6 Å². The Morgan fingerprint density at radius 3 is 2.47 bits per heavy atom. The highest BCUT2D eigenvalue weighted by molar-refractivity contribution is 8.26. The Bertz CT molecular complexity index is 982. The monoisotopic (exact) mass is 489 g/mol. The predicted octanol–water partition coefficient (Wildman–Crippen LogP) is 5.54. The number of amides is 1. The van der Waals surface area contributed by atoms with Crippen LogP contribution in [-0.2, 0) is 4.74 Å². The van der Waals surface area contributed by atoms with Gasteiger partial charge >= 0.3 is 6.09 Å². The summed E-state index contributed by atoms with van der Waals surface area (Å²) in [6.45, 7) is 8.99. The van der Waals surface area contributed by atoms with Gasteiger partial charge in [-0.3, -0.25) is 9.11 Å². The van der Waals surface area contributed by atoms with Crippen LogP contribution in [0.4, 0.5) is 16.2 Å². The average Bonchev–Trinajstić information content (AvgIpc) is 3.02. The van der Waals surface area contributed by atoms with Gasteiger partial charge in [0.1, 0.15) is 17.0 Å². The Kier molecular flexibility index (Phi) is 7.28. The maximum atomic E-state index is 12.4. The summed E-state index contributed by atoms with van der Waals surface area (Å²) < 4.78 is 36.0. The van der Waals surface area contributed by atoms with Crippen molar-refractivity contribution in [3.63, 3.8) is 0 Å². The number of nitrogens with zero attached hydrogens (tertiary/aromatic N) is 3. The van der Waals surface area contributed by atoms with Gasteiger partial charge in [0.2, 0.25) is 5.44 Å². The van der Waals surface area contributed by atoms with E-state index in [1.165, 1.54) is 0 Å². The van der Waals surface area contributed by atoms with Gasteiger partial charge < -0.3 is 19.3 Å². The number of rotatable bonds is 4. The van der Waals surface area contributed by atoms with Crippen LogP contribution in [0.5, 0.6) is 5.75 Å². The first-order valence-electron chi connectivity index (χ1n) is 11.7. The Balaban J connectivity index is 1.44. The van der Waals surface area contributed by atoms with E-state index in [1.807, 2.05) is 75.4 Å². The molecule has 2 aliphatic heterocycles. The Hall–Kier alpha value is -2.46. The number of anilines is 2. The summed E-state index contributed by atoms with van der Waals surface area (Å²) in [6.07, 6.45) is 1.00. The fourth-order valence-electron chi connectivity index (χ4n) is 4.26. The molecular weight excluding hydrogens is 454 g/mol. The summed E-state index contributed by atoms with van der Waals surface area (Å²) in [6, 6.07) is 16.8.